The first-order chi connectivity index (χ1) is 12.3. The average molecular weight is 331 g/mol. The van der Waals surface area contributed by atoms with E-state index >= 15 is 0 Å². The number of carbonyl (C=O) groups excluding carboxylic acids is 1. The number of carbonyl (C=O) groups is 1. The van der Waals surface area contributed by atoms with Crippen molar-refractivity contribution in [2.75, 3.05) is 0 Å². The summed E-state index contributed by atoms with van der Waals surface area (Å²) in [5.74, 6) is -0.0270. The standard InChI is InChI=1S/C21H21N3O/c25-21(19-11-10-17-6-4-5-7-18(17)12-19)22-13-16-14-23-24(15-16)20-8-2-1-3-9-20/h1-3,8-12,14-15H,4-7,13H2,(H,22,25). The van der Waals surface area contributed by atoms with E-state index in [1.807, 2.05) is 47.3 Å². The van der Waals surface area contributed by atoms with Crippen LogP contribution in [0.25, 0.3) is 5.69 Å². The maximum absolute atomic E-state index is 12.4. The van der Waals surface area contributed by atoms with Crippen molar-refractivity contribution in [3.63, 3.8) is 0 Å². The van der Waals surface area contributed by atoms with Gasteiger partial charge in [0.15, 0.2) is 0 Å². The number of nitrogens with zero attached hydrogens (tertiary/aromatic N) is 2. The highest BCUT2D eigenvalue weighted by Crippen LogP contribution is 2.22. The van der Waals surface area contributed by atoms with Crippen LogP contribution in [0, 0.1) is 0 Å². The van der Waals surface area contributed by atoms with Gasteiger partial charge in [-0.2, -0.15) is 5.10 Å². The molecule has 1 aliphatic rings. The monoisotopic (exact) mass is 331 g/mol. The second kappa shape index (κ2) is 6.93. The molecule has 0 bridgehead atoms. The van der Waals surface area contributed by atoms with Crippen LogP contribution in [0.3, 0.4) is 0 Å². The molecule has 2 aromatic carbocycles. The first-order valence-corrected chi connectivity index (χ1v) is 8.78. The SMILES string of the molecule is O=C(NCc1cnn(-c2ccccc2)c1)c1ccc2c(c1)CCCC2. The number of amides is 1. The Morgan fingerprint density at radius 1 is 1.04 bits per heavy atom. The average Bonchev–Trinajstić information content (AvgIpc) is 3.15. The highest BCUT2D eigenvalue weighted by atomic mass is 16.1. The van der Waals surface area contributed by atoms with E-state index in [0.29, 0.717) is 6.54 Å². The smallest absolute Gasteiger partial charge is 0.251 e. The molecule has 1 amide bonds. The van der Waals surface area contributed by atoms with Crippen molar-refractivity contribution >= 4 is 5.91 Å². The fourth-order valence-electron chi connectivity index (χ4n) is 3.33. The van der Waals surface area contributed by atoms with Crippen molar-refractivity contribution in [1.29, 1.82) is 0 Å². The van der Waals surface area contributed by atoms with E-state index in [1.165, 1.54) is 24.0 Å². The minimum absolute atomic E-state index is 0.0270. The molecular weight excluding hydrogens is 310 g/mol. The zero-order valence-electron chi connectivity index (χ0n) is 14.1. The lowest BCUT2D eigenvalue weighted by molar-refractivity contribution is 0.0951. The minimum Gasteiger partial charge on any atom is -0.348 e. The summed E-state index contributed by atoms with van der Waals surface area (Å²) in [7, 11) is 0. The van der Waals surface area contributed by atoms with Gasteiger partial charge >= 0.3 is 0 Å². The first-order valence-electron chi connectivity index (χ1n) is 8.78. The Labute approximate surface area is 147 Å². The predicted molar refractivity (Wildman–Crippen MR) is 97.8 cm³/mol. The molecule has 4 nitrogen and oxygen atoms in total. The molecule has 25 heavy (non-hydrogen) atoms. The highest BCUT2D eigenvalue weighted by Gasteiger charge is 2.13. The number of aromatic nitrogens is 2. The van der Waals surface area contributed by atoms with Crippen LogP contribution >= 0.6 is 0 Å². The number of fused-ring (bicyclic) bond motifs is 1. The van der Waals surface area contributed by atoms with Gasteiger partial charge in [-0.1, -0.05) is 24.3 Å². The largest absolute Gasteiger partial charge is 0.348 e. The van der Waals surface area contributed by atoms with Gasteiger partial charge in [-0.05, 0) is 61.1 Å². The lowest BCUT2D eigenvalue weighted by Crippen LogP contribution is -2.23. The van der Waals surface area contributed by atoms with Crippen LogP contribution in [0.15, 0.2) is 60.9 Å². The molecular formula is C21H21N3O. The van der Waals surface area contributed by atoms with Gasteiger partial charge in [0.1, 0.15) is 0 Å². The lowest BCUT2D eigenvalue weighted by atomic mass is 9.90. The van der Waals surface area contributed by atoms with Crippen LogP contribution in [0.5, 0.6) is 0 Å². The number of hydrogen-bond donors (Lipinski definition) is 1. The molecule has 0 saturated carbocycles. The van der Waals surface area contributed by atoms with E-state index in [-0.39, 0.29) is 5.91 Å². The third-order valence-electron chi connectivity index (χ3n) is 4.72. The second-order valence-electron chi connectivity index (χ2n) is 6.50. The van der Waals surface area contributed by atoms with Crippen molar-refractivity contribution in [1.82, 2.24) is 15.1 Å². The van der Waals surface area contributed by atoms with Crippen molar-refractivity contribution in [2.45, 2.75) is 32.2 Å². The van der Waals surface area contributed by atoms with Gasteiger partial charge in [0.2, 0.25) is 0 Å². The van der Waals surface area contributed by atoms with Crippen molar-refractivity contribution < 1.29 is 4.79 Å². The predicted octanol–water partition coefficient (Wildman–Crippen LogP) is 3.68. The Balaban J connectivity index is 1.41. The second-order valence-corrected chi connectivity index (χ2v) is 6.50. The molecule has 1 aliphatic carbocycles. The molecule has 126 valence electrons. The minimum atomic E-state index is -0.0270. The molecule has 4 rings (SSSR count). The first kappa shape index (κ1) is 15.6. The summed E-state index contributed by atoms with van der Waals surface area (Å²) < 4.78 is 1.82. The Hall–Kier alpha value is -2.88. The molecule has 4 heteroatoms. The van der Waals surface area contributed by atoms with Gasteiger partial charge in [0, 0.05) is 23.9 Å². The third kappa shape index (κ3) is 3.48. The number of hydrogen-bond acceptors (Lipinski definition) is 2. The number of rotatable bonds is 4. The zero-order chi connectivity index (χ0) is 17.1. The van der Waals surface area contributed by atoms with E-state index < -0.39 is 0 Å². The van der Waals surface area contributed by atoms with Crippen LogP contribution in [-0.2, 0) is 19.4 Å². The molecule has 0 fully saturated rings. The van der Waals surface area contributed by atoms with Gasteiger partial charge in [-0.15, -0.1) is 0 Å². The summed E-state index contributed by atoms with van der Waals surface area (Å²) in [6, 6.07) is 16.0. The summed E-state index contributed by atoms with van der Waals surface area (Å²) in [6.07, 6.45) is 8.43. The highest BCUT2D eigenvalue weighted by molar-refractivity contribution is 5.94. The fourth-order valence-corrected chi connectivity index (χ4v) is 3.33. The van der Waals surface area contributed by atoms with Gasteiger partial charge in [0.25, 0.3) is 5.91 Å². The lowest BCUT2D eigenvalue weighted by Gasteiger charge is -2.16. The van der Waals surface area contributed by atoms with Crippen LogP contribution in [0.1, 0.15) is 39.9 Å². The summed E-state index contributed by atoms with van der Waals surface area (Å²) in [6.45, 7) is 0.475. The topological polar surface area (TPSA) is 46.9 Å². The van der Waals surface area contributed by atoms with Crippen LogP contribution in [0.2, 0.25) is 0 Å². The van der Waals surface area contributed by atoms with Gasteiger partial charge in [0.05, 0.1) is 11.9 Å². The third-order valence-corrected chi connectivity index (χ3v) is 4.72. The molecule has 3 aromatic rings. The molecule has 1 heterocycles. The van der Waals surface area contributed by atoms with Crippen LogP contribution < -0.4 is 5.32 Å². The van der Waals surface area contributed by atoms with Crippen molar-refractivity contribution in [2.24, 2.45) is 0 Å². The number of aryl methyl sites for hydroxylation is 2. The van der Waals surface area contributed by atoms with Gasteiger partial charge in [-0.3, -0.25) is 4.79 Å². The van der Waals surface area contributed by atoms with Crippen LogP contribution in [0.4, 0.5) is 0 Å². The Kier molecular flexibility index (Phi) is 4.34. The molecule has 0 radical (unpaired) electrons. The van der Waals surface area contributed by atoms with Gasteiger partial charge < -0.3 is 5.32 Å². The summed E-state index contributed by atoms with van der Waals surface area (Å²) >= 11 is 0. The molecule has 0 atom stereocenters. The molecule has 0 unspecified atom stereocenters. The number of benzene rings is 2. The van der Waals surface area contributed by atoms with Gasteiger partial charge in [-0.25, -0.2) is 4.68 Å². The number of para-hydroxylation sites is 1. The Morgan fingerprint density at radius 2 is 1.84 bits per heavy atom. The Morgan fingerprint density at radius 3 is 2.68 bits per heavy atom. The molecule has 1 N–H and O–H groups in total. The normalized spacial score (nSPS) is 13.3. The molecule has 1 aromatic heterocycles. The van der Waals surface area contributed by atoms with E-state index in [4.69, 9.17) is 0 Å². The maximum atomic E-state index is 12.4. The molecule has 0 spiro atoms. The summed E-state index contributed by atoms with van der Waals surface area (Å²) in [4.78, 5) is 12.4. The summed E-state index contributed by atoms with van der Waals surface area (Å²) in [5.41, 5.74) is 5.46. The van der Waals surface area contributed by atoms with Crippen molar-refractivity contribution in [3.8, 4) is 5.69 Å². The van der Waals surface area contributed by atoms with E-state index in [2.05, 4.69) is 22.5 Å². The Bertz CT molecular complexity index is 883. The quantitative estimate of drug-likeness (QED) is 0.793. The molecule has 0 aliphatic heterocycles. The summed E-state index contributed by atoms with van der Waals surface area (Å²) in [5, 5.41) is 7.35. The maximum Gasteiger partial charge on any atom is 0.251 e. The van der Waals surface area contributed by atoms with E-state index in [0.717, 1.165) is 29.7 Å². The van der Waals surface area contributed by atoms with E-state index in [9.17, 15) is 4.79 Å². The van der Waals surface area contributed by atoms with Crippen LogP contribution in [-0.4, -0.2) is 15.7 Å². The zero-order valence-corrected chi connectivity index (χ0v) is 14.1. The van der Waals surface area contributed by atoms with E-state index in [1.54, 1.807) is 6.20 Å². The number of nitrogens with one attached hydrogen (secondary N) is 1. The molecule has 0 saturated heterocycles. The fraction of sp³-hybridized carbons (Fsp3) is 0.238. The van der Waals surface area contributed by atoms with Crippen molar-refractivity contribution in [3.05, 3.63) is 83.2 Å².